The quantitative estimate of drug-likeness (QED) is 0.230. The Balaban J connectivity index is 1.06. The molecule has 2 aliphatic rings. The number of alkyl halides is 3. The van der Waals surface area contributed by atoms with E-state index in [0.29, 0.717) is 46.6 Å². The molecule has 1 N–H and O–H groups in total. The number of hydrogen-bond donors (Lipinski definition) is 1. The highest BCUT2D eigenvalue weighted by atomic mass is 19.4. The van der Waals surface area contributed by atoms with E-state index in [-0.39, 0.29) is 11.8 Å². The van der Waals surface area contributed by atoms with Crippen LogP contribution in [0.4, 0.5) is 24.9 Å². The summed E-state index contributed by atoms with van der Waals surface area (Å²) in [5, 5.41) is 7.48. The smallest absolute Gasteiger partial charge is 0.424 e. The standard InChI is InChI=1S/C30H33F3N6O3/c1-19-36-28(38-42-19)26-13-10-23(16-34-26)39-14-4-5-20(18-39)15-22-6-2-3-7-25(22)37-29-35-17-27(40-29)21-8-11-24(12-9-21)41-30(31,32)33/h8-13,16-17,20,22,25H,2-7,14-15,18H2,1H3,(H,35,37)/t20-,22+,25-/m1/s1. The molecule has 0 amide bonds. The summed E-state index contributed by atoms with van der Waals surface area (Å²) in [6.07, 6.45) is 6.78. The minimum atomic E-state index is -4.73. The molecule has 0 radical (unpaired) electrons. The molecule has 2 fully saturated rings. The van der Waals surface area contributed by atoms with Crippen molar-refractivity contribution >= 4 is 11.7 Å². The lowest BCUT2D eigenvalue weighted by Crippen LogP contribution is -2.39. The number of nitrogens with one attached hydrogen (secondary N) is 1. The maximum Gasteiger partial charge on any atom is 0.573 e. The number of halogens is 3. The number of oxazole rings is 1. The summed E-state index contributed by atoms with van der Waals surface area (Å²) in [4.78, 5) is 15.7. The van der Waals surface area contributed by atoms with E-state index in [4.69, 9.17) is 8.94 Å². The molecule has 4 heterocycles. The molecule has 6 rings (SSSR count). The van der Waals surface area contributed by atoms with Gasteiger partial charge in [-0.25, -0.2) is 4.98 Å². The Labute approximate surface area is 241 Å². The minimum Gasteiger partial charge on any atom is -0.424 e. The lowest BCUT2D eigenvalue weighted by molar-refractivity contribution is -0.274. The molecule has 4 aromatic rings. The lowest BCUT2D eigenvalue weighted by Gasteiger charge is -2.39. The maximum absolute atomic E-state index is 12.5. The number of ether oxygens (including phenoxy) is 1. The molecule has 1 aliphatic heterocycles. The van der Waals surface area contributed by atoms with Crippen molar-refractivity contribution in [2.24, 2.45) is 11.8 Å². The van der Waals surface area contributed by atoms with Crippen LogP contribution in [0.5, 0.6) is 5.75 Å². The predicted octanol–water partition coefficient (Wildman–Crippen LogP) is 7.27. The molecule has 1 aliphatic carbocycles. The summed E-state index contributed by atoms with van der Waals surface area (Å²) in [5.41, 5.74) is 2.43. The number of anilines is 2. The Hall–Kier alpha value is -4.09. The van der Waals surface area contributed by atoms with E-state index in [2.05, 4.69) is 41.1 Å². The molecule has 0 bridgehead atoms. The van der Waals surface area contributed by atoms with Crippen LogP contribution in [0.1, 0.15) is 50.8 Å². The molecule has 9 nitrogen and oxygen atoms in total. The number of rotatable bonds is 8. The van der Waals surface area contributed by atoms with Crippen LogP contribution in [0.3, 0.4) is 0 Å². The molecule has 3 atom stereocenters. The number of hydrogen-bond acceptors (Lipinski definition) is 9. The maximum atomic E-state index is 12.5. The van der Waals surface area contributed by atoms with Gasteiger partial charge in [-0.05, 0) is 80.3 Å². The first-order valence-corrected chi connectivity index (χ1v) is 14.4. The highest BCUT2D eigenvalue weighted by Gasteiger charge is 2.32. The van der Waals surface area contributed by atoms with Gasteiger partial charge in [0.2, 0.25) is 11.7 Å². The van der Waals surface area contributed by atoms with Crippen molar-refractivity contribution in [3.05, 3.63) is 54.7 Å². The summed E-state index contributed by atoms with van der Waals surface area (Å²) in [5.74, 6) is 2.30. The molecule has 1 saturated carbocycles. The Morgan fingerprint density at radius 1 is 1.00 bits per heavy atom. The van der Waals surface area contributed by atoms with Gasteiger partial charge in [-0.3, -0.25) is 4.98 Å². The highest BCUT2D eigenvalue weighted by Crippen LogP contribution is 2.36. The van der Waals surface area contributed by atoms with E-state index in [1.807, 2.05) is 12.3 Å². The number of nitrogens with zero attached hydrogens (tertiary/aromatic N) is 5. The van der Waals surface area contributed by atoms with Crippen LogP contribution in [0.25, 0.3) is 22.8 Å². The van der Waals surface area contributed by atoms with Crippen molar-refractivity contribution in [3.8, 4) is 28.6 Å². The van der Waals surface area contributed by atoms with Gasteiger partial charge in [0.05, 0.1) is 18.1 Å². The Morgan fingerprint density at radius 2 is 1.83 bits per heavy atom. The first kappa shape index (κ1) is 28.0. The summed E-state index contributed by atoms with van der Waals surface area (Å²) in [6.45, 7) is 3.76. The first-order chi connectivity index (χ1) is 20.3. The average Bonchev–Trinajstić information content (AvgIpc) is 3.63. The number of aromatic nitrogens is 4. The van der Waals surface area contributed by atoms with Crippen molar-refractivity contribution in [1.29, 1.82) is 0 Å². The van der Waals surface area contributed by atoms with Crippen molar-refractivity contribution in [2.45, 2.75) is 64.3 Å². The van der Waals surface area contributed by atoms with Gasteiger partial charge >= 0.3 is 6.36 Å². The van der Waals surface area contributed by atoms with E-state index < -0.39 is 6.36 Å². The highest BCUT2D eigenvalue weighted by molar-refractivity contribution is 5.58. The van der Waals surface area contributed by atoms with Crippen LogP contribution in [0.2, 0.25) is 0 Å². The van der Waals surface area contributed by atoms with Crippen molar-refractivity contribution in [1.82, 2.24) is 20.1 Å². The van der Waals surface area contributed by atoms with Gasteiger partial charge in [-0.1, -0.05) is 18.0 Å². The molecule has 3 aromatic heterocycles. The third-order valence-electron chi connectivity index (χ3n) is 8.12. The molecule has 42 heavy (non-hydrogen) atoms. The van der Waals surface area contributed by atoms with E-state index in [1.54, 1.807) is 13.1 Å². The van der Waals surface area contributed by atoms with Crippen molar-refractivity contribution < 1.29 is 26.8 Å². The zero-order valence-electron chi connectivity index (χ0n) is 23.3. The fourth-order valence-corrected chi connectivity index (χ4v) is 6.16. The van der Waals surface area contributed by atoms with E-state index in [1.165, 1.54) is 37.1 Å². The fraction of sp³-hybridized carbons (Fsp3) is 0.467. The zero-order valence-corrected chi connectivity index (χ0v) is 23.3. The SMILES string of the molecule is Cc1nc(-c2ccc(N3CCC[C@H](C[C@@H]4CCCC[C@H]4Nc4ncc(-c5ccc(OC(F)(F)F)cc5)o4)C3)cn2)no1. The average molecular weight is 583 g/mol. The number of pyridine rings is 1. The van der Waals surface area contributed by atoms with Crippen LogP contribution in [-0.2, 0) is 0 Å². The molecule has 1 aromatic carbocycles. The minimum absolute atomic E-state index is 0.252. The Morgan fingerprint density at radius 3 is 2.57 bits per heavy atom. The molecular weight excluding hydrogens is 549 g/mol. The Bertz CT molecular complexity index is 1450. The first-order valence-electron chi connectivity index (χ1n) is 14.4. The topological polar surface area (TPSA) is 102 Å². The third kappa shape index (κ3) is 6.85. The summed E-state index contributed by atoms with van der Waals surface area (Å²) in [6, 6.07) is 10.3. The molecule has 0 spiro atoms. The second-order valence-corrected chi connectivity index (χ2v) is 11.1. The fourth-order valence-electron chi connectivity index (χ4n) is 6.16. The van der Waals surface area contributed by atoms with Gasteiger partial charge in [-0.15, -0.1) is 13.2 Å². The van der Waals surface area contributed by atoms with Crippen LogP contribution in [0, 0.1) is 18.8 Å². The van der Waals surface area contributed by atoms with E-state index in [0.717, 1.165) is 50.9 Å². The van der Waals surface area contributed by atoms with Gasteiger partial charge in [0.25, 0.3) is 6.01 Å². The van der Waals surface area contributed by atoms with E-state index in [9.17, 15) is 13.2 Å². The van der Waals surface area contributed by atoms with Crippen LogP contribution in [0.15, 0.2) is 57.7 Å². The van der Waals surface area contributed by atoms with Crippen molar-refractivity contribution in [2.75, 3.05) is 23.3 Å². The van der Waals surface area contributed by atoms with Crippen LogP contribution in [-0.4, -0.2) is 45.6 Å². The Kier molecular flexibility index (Phi) is 8.03. The third-order valence-corrected chi connectivity index (χ3v) is 8.12. The molecular formula is C30H33F3N6O3. The van der Waals surface area contributed by atoms with E-state index >= 15 is 0 Å². The summed E-state index contributed by atoms with van der Waals surface area (Å²) in [7, 11) is 0. The number of piperidine rings is 1. The van der Waals surface area contributed by atoms with Crippen molar-refractivity contribution in [3.63, 3.8) is 0 Å². The zero-order chi connectivity index (χ0) is 29.1. The second kappa shape index (κ2) is 12.0. The van der Waals surface area contributed by atoms with Gasteiger partial charge in [0, 0.05) is 31.6 Å². The monoisotopic (exact) mass is 582 g/mol. The van der Waals surface area contributed by atoms with Crippen LogP contribution < -0.4 is 15.0 Å². The van der Waals surface area contributed by atoms with Gasteiger partial charge in [0.1, 0.15) is 11.4 Å². The normalized spacial score (nSPS) is 21.3. The predicted molar refractivity (Wildman–Crippen MR) is 150 cm³/mol. The molecule has 12 heteroatoms. The second-order valence-electron chi connectivity index (χ2n) is 11.1. The molecule has 0 unspecified atom stereocenters. The molecule has 1 saturated heterocycles. The summed E-state index contributed by atoms with van der Waals surface area (Å²) >= 11 is 0. The largest absolute Gasteiger partial charge is 0.573 e. The van der Waals surface area contributed by atoms with Gasteiger partial charge < -0.3 is 23.9 Å². The summed E-state index contributed by atoms with van der Waals surface area (Å²) < 4.78 is 52.4. The van der Waals surface area contributed by atoms with Gasteiger partial charge in [0.15, 0.2) is 5.76 Å². The number of aryl methyl sites for hydroxylation is 1. The molecule has 222 valence electrons. The van der Waals surface area contributed by atoms with Crippen LogP contribution >= 0.6 is 0 Å². The number of benzene rings is 1. The lowest BCUT2D eigenvalue weighted by atomic mass is 9.77. The van der Waals surface area contributed by atoms with Gasteiger partial charge in [-0.2, -0.15) is 4.98 Å².